The fourth-order valence-corrected chi connectivity index (χ4v) is 2.99. The molecule has 0 bridgehead atoms. The number of rotatable bonds is 6. The van der Waals surface area contributed by atoms with Crippen molar-refractivity contribution in [3.8, 4) is 0 Å². The highest BCUT2D eigenvalue weighted by Gasteiger charge is 2.14. The highest BCUT2D eigenvalue weighted by Crippen LogP contribution is 2.16. The maximum atomic E-state index is 12.3. The van der Waals surface area contributed by atoms with Crippen LogP contribution in [0.3, 0.4) is 0 Å². The molecule has 0 spiro atoms. The van der Waals surface area contributed by atoms with Crippen molar-refractivity contribution in [3.63, 3.8) is 0 Å². The second-order valence-corrected chi connectivity index (χ2v) is 6.57. The van der Waals surface area contributed by atoms with Gasteiger partial charge in [0.05, 0.1) is 19.8 Å². The SMILES string of the molecule is CN(CC(=O)NCc1ccc(N2CCOCC2)cc1)C(=O)c1ccccc1. The van der Waals surface area contributed by atoms with Gasteiger partial charge in [-0.3, -0.25) is 9.59 Å². The lowest BCUT2D eigenvalue weighted by Crippen LogP contribution is -2.38. The molecule has 0 aromatic heterocycles. The summed E-state index contributed by atoms with van der Waals surface area (Å²) in [5.41, 5.74) is 2.77. The number of ether oxygens (including phenoxy) is 1. The molecule has 1 N–H and O–H groups in total. The van der Waals surface area contributed by atoms with Gasteiger partial charge in [0.25, 0.3) is 5.91 Å². The molecular formula is C21H25N3O3. The molecule has 0 atom stereocenters. The van der Waals surface area contributed by atoms with Crippen molar-refractivity contribution in [1.82, 2.24) is 10.2 Å². The van der Waals surface area contributed by atoms with E-state index < -0.39 is 0 Å². The molecule has 3 rings (SSSR count). The van der Waals surface area contributed by atoms with Crippen molar-refractivity contribution in [2.75, 3.05) is 44.8 Å². The van der Waals surface area contributed by atoms with Crippen molar-refractivity contribution < 1.29 is 14.3 Å². The van der Waals surface area contributed by atoms with E-state index in [1.807, 2.05) is 30.3 Å². The lowest BCUT2D eigenvalue weighted by atomic mass is 10.2. The van der Waals surface area contributed by atoms with E-state index in [1.165, 1.54) is 10.6 Å². The van der Waals surface area contributed by atoms with Crippen LogP contribution < -0.4 is 10.2 Å². The van der Waals surface area contributed by atoms with E-state index in [1.54, 1.807) is 19.2 Å². The van der Waals surface area contributed by atoms with Crippen LogP contribution in [-0.4, -0.2) is 56.6 Å². The Kier molecular flexibility index (Phi) is 6.44. The lowest BCUT2D eigenvalue weighted by molar-refractivity contribution is -0.121. The first-order valence-electron chi connectivity index (χ1n) is 9.12. The third kappa shape index (κ3) is 5.31. The molecule has 1 aliphatic rings. The first kappa shape index (κ1) is 18.9. The first-order valence-corrected chi connectivity index (χ1v) is 9.12. The van der Waals surface area contributed by atoms with Gasteiger partial charge in [-0.1, -0.05) is 30.3 Å². The van der Waals surface area contributed by atoms with Crippen molar-refractivity contribution in [1.29, 1.82) is 0 Å². The van der Waals surface area contributed by atoms with Crippen molar-refractivity contribution in [3.05, 3.63) is 65.7 Å². The largest absolute Gasteiger partial charge is 0.378 e. The lowest BCUT2D eigenvalue weighted by Gasteiger charge is -2.28. The van der Waals surface area contributed by atoms with Gasteiger partial charge in [-0.05, 0) is 29.8 Å². The number of benzene rings is 2. The van der Waals surface area contributed by atoms with Gasteiger partial charge in [0.1, 0.15) is 0 Å². The number of morpholine rings is 1. The first-order chi connectivity index (χ1) is 13.1. The fraction of sp³-hybridized carbons (Fsp3) is 0.333. The standard InChI is InChI=1S/C21H25N3O3/c1-23(21(26)18-5-3-2-4-6-18)16-20(25)22-15-17-7-9-19(10-8-17)24-11-13-27-14-12-24/h2-10H,11-16H2,1H3,(H,22,25). The minimum atomic E-state index is -0.181. The number of carbonyl (C=O) groups excluding carboxylic acids is 2. The van der Waals surface area contributed by atoms with E-state index in [2.05, 4.69) is 22.3 Å². The molecule has 27 heavy (non-hydrogen) atoms. The molecule has 2 amide bonds. The third-order valence-electron chi connectivity index (χ3n) is 4.55. The smallest absolute Gasteiger partial charge is 0.254 e. The second kappa shape index (κ2) is 9.19. The molecule has 0 unspecified atom stereocenters. The van der Waals surface area contributed by atoms with Gasteiger partial charge in [0.15, 0.2) is 0 Å². The van der Waals surface area contributed by atoms with Gasteiger partial charge in [-0.2, -0.15) is 0 Å². The Bertz CT molecular complexity index is 756. The molecule has 1 saturated heterocycles. The summed E-state index contributed by atoms with van der Waals surface area (Å²) in [6, 6.07) is 17.1. The van der Waals surface area contributed by atoms with E-state index in [0.717, 1.165) is 31.9 Å². The Balaban J connectivity index is 1.46. The van der Waals surface area contributed by atoms with Crippen LogP contribution in [-0.2, 0) is 16.1 Å². The number of likely N-dealkylation sites (N-methyl/N-ethyl adjacent to an activating group) is 1. The minimum absolute atomic E-state index is 0.0274. The van der Waals surface area contributed by atoms with Gasteiger partial charge in [0, 0.05) is 37.9 Å². The minimum Gasteiger partial charge on any atom is -0.378 e. The van der Waals surface area contributed by atoms with Crippen molar-refractivity contribution in [2.24, 2.45) is 0 Å². The van der Waals surface area contributed by atoms with Gasteiger partial charge in [0.2, 0.25) is 5.91 Å². The van der Waals surface area contributed by atoms with Crippen LogP contribution in [0.1, 0.15) is 15.9 Å². The zero-order chi connectivity index (χ0) is 19.1. The van der Waals surface area contributed by atoms with Gasteiger partial charge < -0.3 is 19.9 Å². The number of carbonyl (C=O) groups is 2. The van der Waals surface area contributed by atoms with Gasteiger partial charge >= 0.3 is 0 Å². The Morgan fingerprint density at radius 2 is 1.70 bits per heavy atom. The summed E-state index contributed by atoms with van der Waals surface area (Å²) in [5.74, 6) is -0.348. The molecule has 0 saturated carbocycles. The molecule has 1 aliphatic heterocycles. The highest BCUT2D eigenvalue weighted by atomic mass is 16.5. The van der Waals surface area contributed by atoms with E-state index in [0.29, 0.717) is 12.1 Å². The Morgan fingerprint density at radius 1 is 1.04 bits per heavy atom. The zero-order valence-electron chi connectivity index (χ0n) is 15.6. The molecule has 2 aromatic carbocycles. The van der Waals surface area contributed by atoms with Crippen LogP contribution in [0.4, 0.5) is 5.69 Å². The topological polar surface area (TPSA) is 61.9 Å². The van der Waals surface area contributed by atoms with E-state index >= 15 is 0 Å². The van der Waals surface area contributed by atoms with Gasteiger partial charge in [-0.15, -0.1) is 0 Å². The fourth-order valence-electron chi connectivity index (χ4n) is 2.99. The van der Waals surface area contributed by atoms with Crippen LogP contribution >= 0.6 is 0 Å². The highest BCUT2D eigenvalue weighted by molar-refractivity contribution is 5.96. The zero-order valence-corrected chi connectivity index (χ0v) is 15.6. The normalized spacial score (nSPS) is 13.9. The van der Waals surface area contributed by atoms with Crippen LogP contribution in [0.25, 0.3) is 0 Å². The molecule has 1 heterocycles. The van der Waals surface area contributed by atoms with Gasteiger partial charge in [-0.25, -0.2) is 0 Å². The second-order valence-electron chi connectivity index (χ2n) is 6.57. The van der Waals surface area contributed by atoms with Crippen LogP contribution in [0.2, 0.25) is 0 Å². The predicted octanol–water partition coefficient (Wildman–Crippen LogP) is 1.91. The molecular weight excluding hydrogens is 342 g/mol. The predicted molar refractivity (Wildman–Crippen MR) is 105 cm³/mol. The maximum Gasteiger partial charge on any atom is 0.254 e. The van der Waals surface area contributed by atoms with Crippen LogP contribution in [0, 0.1) is 0 Å². The molecule has 6 heteroatoms. The third-order valence-corrected chi connectivity index (χ3v) is 4.55. The summed E-state index contributed by atoms with van der Waals surface area (Å²) in [5, 5.41) is 2.87. The van der Waals surface area contributed by atoms with Crippen molar-refractivity contribution in [2.45, 2.75) is 6.54 Å². The summed E-state index contributed by atoms with van der Waals surface area (Å²) in [6.45, 7) is 3.78. The van der Waals surface area contributed by atoms with Crippen LogP contribution in [0.5, 0.6) is 0 Å². The number of nitrogens with one attached hydrogen (secondary N) is 1. The Hall–Kier alpha value is -2.86. The van der Waals surface area contributed by atoms with E-state index in [9.17, 15) is 9.59 Å². The number of nitrogens with zero attached hydrogens (tertiary/aromatic N) is 2. The number of anilines is 1. The maximum absolute atomic E-state index is 12.3. The van der Waals surface area contributed by atoms with Crippen molar-refractivity contribution >= 4 is 17.5 Å². The molecule has 1 fully saturated rings. The molecule has 6 nitrogen and oxygen atoms in total. The van der Waals surface area contributed by atoms with Crippen LogP contribution in [0.15, 0.2) is 54.6 Å². The molecule has 0 aliphatic carbocycles. The summed E-state index contributed by atoms with van der Waals surface area (Å²) in [6.07, 6.45) is 0. The molecule has 0 radical (unpaired) electrons. The average Bonchev–Trinajstić information content (AvgIpc) is 2.73. The summed E-state index contributed by atoms with van der Waals surface area (Å²) >= 11 is 0. The summed E-state index contributed by atoms with van der Waals surface area (Å²) < 4.78 is 5.37. The molecule has 142 valence electrons. The number of amides is 2. The molecule has 2 aromatic rings. The number of hydrogen-bond acceptors (Lipinski definition) is 4. The Labute approximate surface area is 159 Å². The number of hydrogen-bond donors (Lipinski definition) is 1. The average molecular weight is 367 g/mol. The summed E-state index contributed by atoms with van der Waals surface area (Å²) in [4.78, 5) is 28.1. The Morgan fingerprint density at radius 3 is 2.37 bits per heavy atom. The summed E-state index contributed by atoms with van der Waals surface area (Å²) in [7, 11) is 1.63. The van der Waals surface area contributed by atoms with E-state index in [4.69, 9.17) is 4.74 Å². The quantitative estimate of drug-likeness (QED) is 0.847. The monoisotopic (exact) mass is 367 g/mol. The van der Waals surface area contributed by atoms with E-state index in [-0.39, 0.29) is 18.4 Å².